The van der Waals surface area contributed by atoms with E-state index in [0.717, 1.165) is 28.3 Å². The van der Waals surface area contributed by atoms with Crippen molar-refractivity contribution < 1.29 is 8.81 Å². The molecule has 2 rings (SSSR count). The Balaban J connectivity index is 2.73. The van der Waals surface area contributed by atoms with E-state index in [4.69, 9.17) is 10.2 Å². The van der Waals surface area contributed by atoms with Gasteiger partial charge in [0.05, 0.1) is 6.54 Å². The molecule has 0 aliphatic heterocycles. The molecule has 2 N–H and O–H groups in total. The lowest BCUT2D eigenvalue weighted by Crippen LogP contribution is -1.98. The van der Waals surface area contributed by atoms with Crippen molar-refractivity contribution in [1.82, 2.24) is 0 Å². The average Bonchev–Trinajstić information content (AvgIpc) is 2.58. The fourth-order valence-electron chi connectivity index (χ4n) is 1.91. The highest BCUT2D eigenvalue weighted by molar-refractivity contribution is 9.10. The predicted molar refractivity (Wildman–Crippen MR) is 65.8 cm³/mol. The highest BCUT2D eigenvalue weighted by Gasteiger charge is 2.16. The number of aryl methyl sites for hydroxylation is 1. The van der Waals surface area contributed by atoms with E-state index in [9.17, 15) is 4.39 Å². The van der Waals surface area contributed by atoms with Crippen LogP contribution in [0.1, 0.15) is 24.7 Å². The van der Waals surface area contributed by atoms with E-state index in [0.29, 0.717) is 17.9 Å². The molecule has 0 saturated carbocycles. The minimum atomic E-state index is -0.346. The van der Waals surface area contributed by atoms with Gasteiger partial charge < -0.3 is 10.2 Å². The number of nitrogens with two attached hydrogens (primary N) is 1. The molecule has 0 aliphatic rings. The lowest BCUT2D eigenvalue weighted by molar-refractivity contribution is 0.516. The molecular formula is C12H13BrFNO. The van der Waals surface area contributed by atoms with Gasteiger partial charge in [-0.1, -0.05) is 29.3 Å². The van der Waals surface area contributed by atoms with E-state index < -0.39 is 0 Å². The Hall–Kier alpha value is -0.870. The van der Waals surface area contributed by atoms with Crippen LogP contribution in [0.2, 0.25) is 0 Å². The van der Waals surface area contributed by atoms with Crippen molar-refractivity contribution in [2.24, 2.45) is 5.73 Å². The number of hydrogen-bond acceptors (Lipinski definition) is 2. The predicted octanol–water partition coefficient (Wildman–Crippen LogP) is 3.75. The third kappa shape index (κ3) is 1.87. The second kappa shape index (κ2) is 4.55. The topological polar surface area (TPSA) is 39.2 Å². The Labute approximate surface area is 102 Å². The van der Waals surface area contributed by atoms with E-state index in [-0.39, 0.29) is 5.82 Å². The van der Waals surface area contributed by atoms with Gasteiger partial charge in [0.15, 0.2) is 11.4 Å². The van der Waals surface area contributed by atoms with Gasteiger partial charge in [-0.15, -0.1) is 0 Å². The number of furan rings is 1. The molecule has 0 fully saturated rings. The zero-order valence-corrected chi connectivity index (χ0v) is 10.6. The monoisotopic (exact) mass is 285 g/mol. The summed E-state index contributed by atoms with van der Waals surface area (Å²) in [6, 6.07) is 3.29. The van der Waals surface area contributed by atoms with Crippen LogP contribution in [-0.4, -0.2) is 0 Å². The van der Waals surface area contributed by atoms with Gasteiger partial charge in [-0.3, -0.25) is 0 Å². The van der Waals surface area contributed by atoms with Crippen LogP contribution >= 0.6 is 15.9 Å². The number of rotatable bonds is 3. The minimum absolute atomic E-state index is 0.307. The van der Waals surface area contributed by atoms with Crippen molar-refractivity contribution in [3.8, 4) is 0 Å². The van der Waals surface area contributed by atoms with Crippen LogP contribution in [0.5, 0.6) is 0 Å². The van der Waals surface area contributed by atoms with Crippen molar-refractivity contribution in [2.75, 3.05) is 0 Å². The van der Waals surface area contributed by atoms with Crippen LogP contribution in [0.15, 0.2) is 21.0 Å². The summed E-state index contributed by atoms with van der Waals surface area (Å²) in [5.41, 5.74) is 6.95. The van der Waals surface area contributed by atoms with Gasteiger partial charge in [-0.25, -0.2) is 4.39 Å². The number of hydrogen-bond donors (Lipinski definition) is 1. The van der Waals surface area contributed by atoms with E-state index in [2.05, 4.69) is 22.9 Å². The molecule has 0 radical (unpaired) electrons. The maximum absolute atomic E-state index is 13.7. The Bertz CT molecular complexity index is 521. The fourth-order valence-corrected chi connectivity index (χ4v) is 2.34. The van der Waals surface area contributed by atoms with Crippen LogP contribution in [0, 0.1) is 5.82 Å². The van der Waals surface area contributed by atoms with Crippen molar-refractivity contribution >= 4 is 26.9 Å². The van der Waals surface area contributed by atoms with Crippen LogP contribution < -0.4 is 5.73 Å². The number of halogens is 2. The minimum Gasteiger partial charge on any atom is -0.456 e. The fraction of sp³-hybridized carbons (Fsp3) is 0.333. The van der Waals surface area contributed by atoms with Crippen molar-refractivity contribution in [3.63, 3.8) is 0 Å². The zero-order valence-electron chi connectivity index (χ0n) is 9.02. The molecule has 0 aliphatic carbocycles. The smallest absolute Gasteiger partial charge is 0.170 e. The lowest BCUT2D eigenvalue weighted by atomic mass is 10.1. The highest BCUT2D eigenvalue weighted by Crippen LogP contribution is 2.31. The Morgan fingerprint density at radius 3 is 2.81 bits per heavy atom. The highest BCUT2D eigenvalue weighted by atomic mass is 79.9. The molecule has 2 nitrogen and oxygen atoms in total. The Kier molecular flexibility index (Phi) is 3.30. The molecule has 4 heteroatoms. The van der Waals surface area contributed by atoms with Crippen molar-refractivity contribution in [3.05, 3.63) is 33.7 Å². The summed E-state index contributed by atoms with van der Waals surface area (Å²) in [7, 11) is 0. The van der Waals surface area contributed by atoms with E-state index in [1.807, 2.05) is 6.07 Å². The number of fused-ring (bicyclic) bond motifs is 1. The van der Waals surface area contributed by atoms with Crippen LogP contribution in [0.4, 0.5) is 4.39 Å². The van der Waals surface area contributed by atoms with E-state index >= 15 is 0 Å². The van der Waals surface area contributed by atoms with Gasteiger partial charge in [-0.2, -0.15) is 0 Å². The third-order valence-electron chi connectivity index (χ3n) is 2.58. The zero-order chi connectivity index (χ0) is 11.7. The van der Waals surface area contributed by atoms with Gasteiger partial charge in [0.1, 0.15) is 5.76 Å². The second-order valence-corrected chi connectivity index (χ2v) is 4.64. The molecule has 0 unspecified atom stereocenters. The molecule has 0 saturated heterocycles. The maximum atomic E-state index is 13.7. The van der Waals surface area contributed by atoms with Crippen molar-refractivity contribution in [1.29, 1.82) is 0 Å². The SMILES string of the molecule is CCCc1c(CN)oc2c(F)cc(Br)cc12. The molecule has 16 heavy (non-hydrogen) atoms. The first-order chi connectivity index (χ1) is 7.67. The van der Waals surface area contributed by atoms with Crippen LogP contribution in [-0.2, 0) is 13.0 Å². The lowest BCUT2D eigenvalue weighted by Gasteiger charge is -1.98. The molecule has 0 amide bonds. The Morgan fingerprint density at radius 2 is 2.19 bits per heavy atom. The molecular weight excluding hydrogens is 273 g/mol. The quantitative estimate of drug-likeness (QED) is 0.933. The largest absolute Gasteiger partial charge is 0.456 e. The summed E-state index contributed by atoms with van der Waals surface area (Å²) in [5, 5.41) is 0.828. The first kappa shape index (κ1) is 11.6. The molecule has 1 aromatic heterocycles. The van der Waals surface area contributed by atoms with Crippen molar-refractivity contribution in [2.45, 2.75) is 26.3 Å². The van der Waals surface area contributed by atoms with Crippen LogP contribution in [0.3, 0.4) is 0 Å². The maximum Gasteiger partial charge on any atom is 0.170 e. The third-order valence-corrected chi connectivity index (χ3v) is 3.04. The summed E-state index contributed by atoms with van der Waals surface area (Å²) >= 11 is 3.29. The van der Waals surface area contributed by atoms with Gasteiger partial charge in [0.25, 0.3) is 0 Å². The molecule has 2 aromatic rings. The van der Waals surface area contributed by atoms with Crippen LogP contribution in [0.25, 0.3) is 11.0 Å². The van der Waals surface area contributed by atoms with E-state index in [1.54, 1.807) is 0 Å². The Morgan fingerprint density at radius 1 is 1.44 bits per heavy atom. The van der Waals surface area contributed by atoms with Gasteiger partial charge >= 0.3 is 0 Å². The van der Waals surface area contributed by atoms with Gasteiger partial charge in [0, 0.05) is 15.4 Å². The molecule has 86 valence electrons. The summed E-state index contributed by atoms with van der Waals surface area (Å²) < 4.78 is 19.8. The summed E-state index contributed by atoms with van der Waals surface area (Å²) in [4.78, 5) is 0. The van der Waals surface area contributed by atoms with E-state index in [1.165, 1.54) is 6.07 Å². The number of benzene rings is 1. The molecule has 0 atom stereocenters. The molecule has 0 bridgehead atoms. The normalized spacial score (nSPS) is 11.2. The molecule has 1 aromatic carbocycles. The van der Waals surface area contributed by atoms with Gasteiger partial charge in [0.2, 0.25) is 0 Å². The first-order valence-corrected chi connectivity index (χ1v) is 6.06. The second-order valence-electron chi connectivity index (χ2n) is 3.72. The summed E-state index contributed by atoms with van der Waals surface area (Å²) in [6.45, 7) is 2.38. The summed E-state index contributed by atoms with van der Waals surface area (Å²) in [5.74, 6) is 0.343. The molecule has 0 spiro atoms. The standard InChI is InChI=1S/C12H13BrFNO/c1-2-3-8-9-4-7(13)5-10(14)12(9)16-11(8)6-15/h4-5H,2-3,6,15H2,1H3. The summed E-state index contributed by atoms with van der Waals surface area (Å²) in [6.07, 6.45) is 1.84. The first-order valence-electron chi connectivity index (χ1n) is 5.26. The van der Waals surface area contributed by atoms with Gasteiger partial charge in [-0.05, 0) is 18.6 Å². The molecule has 1 heterocycles. The average molecular weight is 286 g/mol.